The van der Waals surface area contributed by atoms with Crippen LogP contribution in [0.5, 0.6) is 0 Å². The molecule has 18 heavy (non-hydrogen) atoms. The van der Waals surface area contributed by atoms with Crippen LogP contribution in [0.3, 0.4) is 0 Å². The van der Waals surface area contributed by atoms with Crippen LogP contribution in [0.25, 0.3) is 0 Å². The molecule has 1 fully saturated rings. The third kappa shape index (κ3) is 3.34. The van der Waals surface area contributed by atoms with Crippen LogP contribution in [-0.4, -0.2) is 18.5 Å². The summed E-state index contributed by atoms with van der Waals surface area (Å²) in [6.45, 7) is 0.951. The topological polar surface area (TPSA) is 41.1 Å². The number of benzene rings is 1. The average Bonchev–Trinajstić information content (AvgIpc) is 2.78. The number of carbonyl (C=O) groups excluding carboxylic acids is 1. The van der Waals surface area contributed by atoms with Crippen LogP contribution in [0, 0.1) is 5.82 Å². The first-order chi connectivity index (χ1) is 8.56. The largest absolute Gasteiger partial charge is 0.326 e. The zero-order valence-corrected chi connectivity index (χ0v) is 11.1. The molecule has 0 radical (unpaired) electrons. The van der Waals surface area contributed by atoms with Gasteiger partial charge >= 0.3 is 0 Å². The van der Waals surface area contributed by atoms with Gasteiger partial charge < -0.3 is 10.6 Å². The molecule has 0 spiro atoms. The first-order valence-electron chi connectivity index (χ1n) is 5.74. The molecule has 0 aliphatic carbocycles. The van der Waals surface area contributed by atoms with Gasteiger partial charge in [-0.1, -0.05) is 23.2 Å². The summed E-state index contributed by atoms with van der Waals surface area (Å²) in [5.74, 6) is -0.804. The van der Waals surface area contributed by atoms with Crippen LogP contribution in [0.15, 0.2) is 12.1 Å². The molecule has 2 rings (SSSR count). The van der Waals surface area contributed by atoms with Crippen LogP contribution < -0.4 is 10.6 Å². The highest BCUT2D eigenvalue weighted by Crippen LogP contribution is 2.27. The van der Waals surface area contributed by atoms with Crippen molar-refractivity contribution in [3.63, 3.8) is 0 Å². The lowest BCUT2D eigenvalue weighted by molar-refractivity contribution is -0.116. The van der Waals surface area contributed by atoms with E-state index in [1.807, 2.05) is 0 Å². The minimum absolute atomic E-state index is 0.100. The van der Waals surface area contributed by atoms with Crippen LogP contribution >= 0.6 is 23.2 Å². The fourth-order valence-corrected chi connectivity index (χ4v) is 2.48. The van der Waals surface area contributed by atoms with E-state index in [0.29, 0.717) is 12.1 Å². The van der Waals surface area contributed by atoms with E-state index in [0.717, 1.165) is 19.4 Å². The SMILES string of the molecule is O=C(CC1CCCN1)Nc1cc(Cl)c(F)c(Cl)c1. The molecule has 1 heterocycles. The number of nitrogens with one attached hydrogen (secondary N) is 2. The molecule has 1 aromatic rings. The van der Waals surface area contributed by atoms with Crippen LogP contribution in [0.2, 0.25) is 10.0 Å². The van der Waals surface area contributed by atoms with Gasteiger partial charge in [-0.05, 0) is 31.5 Å². The Morgan fingerprint density at radius 2 is 2.11 bits per heavy atom. The van der Waals surface area contributed by atoms with Gasteiger partial charge in [-0.15, -0.1) is 0 Å². The smallest absolute Gasteiger partial charge is 0.225 e. The zero-order valence-electron chi connectivity index (χ0n) is 9.60. The first-order valence-corrected chi connectivity index (χ1v) is 6.49. The molecule has 0 bridgehead atoms. The van der Waals surface area contributed by atoms with Gasteiger partial charge in [-0.2, -0.15) is 0 Å². The second kappa shape index (κ2) is 5.87. The third-order valence-electron chi connectivity index (χ3n) is 2.86. The van der Waals surface area contributed by atoms with E-state index < -0.39 is 5.82 Å². The number of hydrogen-bond acceptors (Lipinski definition) is 2. The van der Waals surface area contributed by atoms with Crippen LogP contribution in [0.1, 0.15) is 19.3 Å². The summed E-state index contributed by atoms with van der Waals surface area (Å²) in [6.07, 6.45) is 2.48. The fourth-order valence-electron chi connectivity index (χ4n) is 1.99. The molecule has 2 N–H and O–H groups in total. The predicted molar refractivity (Wildman–Crippen MR) is 70.7 cm³/mol. The molecule has 1 unspecified atom stereocenters. The standard InChI is InChI=1S/C12H13Cl2FN2O/c13-9-4-8(5-10(14)12(9)15)17-11(18)6-7-2-1-3-16-7/h4-5,7,16H,1-3,6H2,(H,17,18). The van der Waals surface area contributed by atoms with Gasteiger partial charge in [0.05, 0.1) is 10.0 Å². The van der Waals surface area contributed by atoms with E-state index in [1.165, 1.54) is 12.1 Å². The molecule has 1 aliphatic heterocycles. The Balaban J connectivity index is 1.98. The summed E-state index contributed by atoms with van der Waals surface area (Å²) < 4.78 is 13.2. The summed E-state index contributed by atoms with van der Waals surface area (Å²) in [4.78, 5) is 11.7. The maximum Gasteiger partial charge on any atom is 0.225 e. The van der Waals surface area contributed by atoms with Gasteiger partial charge in [0.25, 0.3) is 0 Å². The zero-order chi connectivity index (χ0) is 13.1. The first kappa shape index (κ1) is 13.6. The highest BCUT2D eigenvalue weighted by atomic mass is 35.5. The van der Waals surface area contributed by atoms with Gasteiger partial charge in [0, 0.05) is 18.2 Å². The number of halogens is 3. The lowest BCUT2D eigenvalue weighted by Gasteiger charge is -2.11. The lowest BCUT2D eigenvalue weighted by Crippen LogP contribution is -2.27. The summed E-state index contributed by atoms with van der Waals surface area (Å²) in [6, 6.07) is 2.92. The molecule has 1 saturated heterocycles. The van der Waals surface area contributed by atoms with E-state index in [9.17, 15) is 9.18 Å². The van der Waals surface area contributed by atoms with Crippen LogP contribution in [-0.2, 0) is 4.79 Å². The molecular weight excluding hydrogens is 278 g/mol. The Morgan fingerprint density at radius 3 is 2.67 bits per heavy atom. The molecule has 0 aromatic heterocycles. The fraction of sp³-hybridized carbons (Fsp3) is 0.417. The van der Waals surface area contributed by atoms with Crippen molar-refractivity contribution in [2.24, 2.45) is 0 Å². The third-order valence-corrected chi connectivity index (χ3v) is 3.41. The van der Waals surface area contributed by atoms with Gasteiger partial charge in [0.1, 0.15) is 0 Å². The number of anilines is 1. The molecule has 6 heteroatoms. The van der Waals surface area contributed by atoms with Crippen LogP contribution in [0.4, 0.5) is 10.1 Å². The molecule has 3 nitrogen and oxygen atoms in total. The van der Waals surface area contributed by atoms with E-state index in [-0.39, 0.29) is 22.0 Å². The van der Waals surface area contributed by atoms with Crippen molar-refractivity contribution in [2.45, 2.75) is 25.3 Å². The Hall–Kier alpha value is -0.840. The van der Waals surface area contributed by atoms with Crippen molar-refractivity contribution in [3.05, 3.63) is 28.0 Å². The number of hydrogen-bond donors (Lipinski definition) is 2. The predicted octanol–water partition coefficient (Wildman–Crippen LogP) is 3.21. The summed E-state index contributed by atoms with van der Waals surface area (Å²) in [5, 5.41) is 5.69. The number of carbonyl (C=O) groups is 1. The molecule has 0 saturated carbocycles. The van der Waals surface area contributed by atoms with Crippen molar-refractivity contribution in [2.75, 3.05) is 11.9 Å². The van der Waals surface area contributed by atoms with E-state index in [2.05, 4.69) is 10.6 Å². The van der Waals surface area contributed by atoms with Gasteiger partial charge in [0.15, 0.2) is 5.82 Å². The highest BCUT2D eigenvalue weighted by molar-refractivity contribution is 6.35. The van der Waals surface area contributed by atoms with Crippen molar-refractivity contribution in [1.82, 2.24) is 5.32 Å². The molecular formula is C12H13Cl2FN2O. The van der Waals surface area contributed by atoms with E-state index in [4.69, 9.17) is 23.2 Å². The van der Waals surface area contributed by atoms with Gasteiger partial charge in [0.2, 0.25) is 5.91 Å². The normalized spacial score (nSPS) is 18.9. The highest BCUT2D eigenvalue weighted by Gasteiger charge is 2.18. The summed E-state index contributed by atoms with van der Waals surface area (Å²) in [5.41, 5.74) is 0.411. The Labute approximate surface area is 115 Å². The Kier molecular flexibility index (Phi) is 4.43. The van der Waals surface area contributed by atoms with Crippen molar-refractivity contribution < 1.29 is 9.18 Å². The second-order valence-electron chi connectivity index (χ2n) is 4.30. The van der Waals surface area contributed by atoms with Crippen molar-refractivity contribution in [3.8, 4) is 0 Å². The Bertz CT molecular complexity index is 438. The molecule has 98 valence electrons. The number of rotatable bonds is 3. The molecule has 1 atom stereocenters. The monoisotopic (exact) mass is 290 g/mol. The molecule has 1 amide bonds. The van der Waals surface area contributed by atoms with Gasteiger partial charge in [-0.3, -0.25) is 4.79 Å². The van der Waals surface area contributed by atoms with E-state index in [1.54, 1.807) is 0 Å². The minimum atomic E-state index is -0.672. The van der Waals surface area contributed by atoms with Crippen molar-refractivity contribution in [1.29, 1.82) is 0 Å². The summed E-state index contributed by atoms with van der Waals surface area (Å²) in [7, 11) is 0. The van der Waals surface area contributed by atoms with E-state index >= 15 is 0 Å². The Morgan fingerprint density at radius 1 is 1.44 bits per heavy atom. The molecule has 1 aliphatic rings. The maximum atomic E-state index is 13.2. The molecule has 1 aromatic carbocycles. The summed E-state index contributed by atoms with van der Waals surface area (Å²) >= 11 is 11.3. The quantitative estimate of drug-likeness (QED) is 0.840. The number of amides is 1. The minimum Gasteiger partial charge on any atom is -0.326 e. The average molecular weight is 291 g/mol. The van der Waals surface area contributed by atoms with Crippen molar-refractivity contribution >= 4 is 34.8 Å². The maximum absolute atomic E-state index is 13.2. The lowest BCUT2D eigenvalue weighted by atomic mass is 10.1. The van der Waals surface area contributed by atoms with Gasteiger partial charge in [-0.25, -0.2) is 4.39 Å². The second-order valence-corrected chi connectivity index (χ2v) is 5.11.